The molecule has 5 nitrogen and oxygen atoms in total. The fourth-order valence-electron chi connectivity index (χ4n) is 5.00. The maximum atomic E-state index is 13.3. The number of hydrogen-bond acceptors (Lipinski definition) is 5. The van der Waals surface area contributed by atoms with Crippen molar-refractivity contribution < 1.29 is 17.9 Å². The van der Waals surface area contributed by atoms with Crippen LogP contribution in [0, 0.1) is 0 Å². The Morgan fingerprint density at radius 1 is 1.14 bits per heavy atom. The van der Waals surface area contributed by atoms with E-state index in [4.69, 9.17) is 9.47 Å². The van der Waals surface area contributed by atoms with Crippen molar-refractivity contribution in [1.82, 2.24) is 5.32 Å². The zero-order valence-corrected chi connectivity index (χ0v) is 17.7. The second-order valence-electron chi connectivity index (χ2n) is 8.71. The molecule has 1 aliphatic carbocycles. The summed E-state index contributed by atoms with van der Waals surface area (Å²) in [7, 11) is -3.65. The van der Waals surface area contributed by atoms with Crippen LogP contribution in [0.4, 0.5) is 0 Å². The van der Waals surface area contributed by atoms with Crippen molar-refractivity contribution in [2.75, 3.05) is 6.54 Å². The highest BCUT2D eigenvalue weighted by molar-refractivity contribution is 7.91. The second kappa shape index (κ2) is 6.74. The standard InChI is InChI=1S/C23H27NO4S/c1-15(2)27-16-5-3-6-17(13-16)29(25,26)18-7-8-19-20-9-12-24-23(10-4-11-23)22(20)28-21(19)14-18/h3,5-8,13-15,20,22,24H,4,9-12H2,1-2H3. The molecule has 6 heteroatoms. The Bertz CT molecular complexity index is 1040. The molecule has 5 rings (SSSR count). The van der Waals surface area contributed by atoms with Crippen LogP contribution in [0.2, 0.25) is 0 Å². The first kappa shape index (κ1) is 18.9. The largest absolute Gasteiger partial charge is 0.491 e. The van der Waals surface area contributed by atoms with E-state index >= 15 is 0 Å². The number of nitrogens with one attached hydrogen (secondary N) is 1. The van der Waals surface area contributed by atoms with Crippen molar-refractivity contribution in [3.05, 3.63) is 48.0 Å². The Morgan fingerprint density at radius 2 is 1.93 bits per heavy atom. The molecule has 2 aromatic carbocycles. The first-order valence-corrected chi connectivity index (χ1v) is 11.9. The smallest absolute Gasteiger partial charge is 0.206 e. The van der Waals surface area contributed by atoms with E-state index in [0.29, 0.717) is 11.7 Å². The van der Waals surface area contributed by atoms with E-state index in [9.17, 15) is 8.42 Å². The normalized spacial score (nSPS) is 24.5. The van der Waals surface area contributed by atoms with E-state index in [2.05, 4.69) is 5.32 Å². The Hall–Kier alpha value is -2.05. The van der Waals surface area contributed by atoms with Crippen molar-refractivity contribution in [1.29, 1.82) is 0 Å². The van der Waals surface area contributed by atoms with Gasteiger partial charge in [0.15, 0.2) is 0 Å². The molecule has 2 heterocycles. The van der Waals surface area contributed by atoms with E-state index in [1.54, 1.807) is 36.4 Å². The maximum Gasteiger partial charge on any atom is 0.206 e. The van der Waals surface area contributed by atoms with Crippen LogP contribution in [0.15, 0.2) is 52.3 Å². The van der Waals surface area contributed by atoms with Gasteiger partial charge in [-0.25, -0.2) is 8.42 Å². The number of fused-ring (bicyclic) bond motifs is 4. The number of rotatable bonds is 4. The number of benzene rings is 2. The highest BCUT2D eigenvalue weighted by Gasteiger charge is 2.54. The topological polar surface area (TPSA) is 64.6 Å². The molecule has 1 spiro atoms. The highest BCUT2D eigenvalue weighted by Crippen LogP contribution is 2.52. The van der Waals surface area contributed by atoms with Gasteiger partial charge in [-0.3, -0.25) is 0 Å². The average Bonchev–Trinajstić information content (AvgIpc) is 3.04. The van der Waals surface area contributed by atoms with Gasteiger partial charge in [-0.2, -0.15) is 0 Å². The minimum absolute atomic E-state index is 0.0165. The summed E-state index contributed by atoms with van der Waals surface area (Å²) >= 11 is 0. The van der Waals surface area contributed by atoms with E-state index in [-0.39, 0.29) is 27.5 Å². The zero-order chi connectivity index (χ0) is 20.2. The molecule has 1 saturated heterocycles. The van der Waals surface area contributed by atoms with E-state index in [1.165, 1.54) is 6.42 Å². The quantitative estimate of drug-likeness (QED) is 0.819. The van der Waals surface area contributed by atoms with Crippen LogP contribution in [0.5, 0.6) is 11.5 Å². The predicted octanol–water partition coefficient (Wildman–Crippen LogP) is 4.07. The Kier molecular flexibility index (Phi) is 4.40. The summed E-state index contributed by atoms with van der Waals surface area (Å²) in [6.07, 6.45) is 4.62. The minimum atomic E-state index is -3.65. The molecule has 29 heavy (non-hydrogen) atoms. The van der Waals surface area contributed by atoms with Gasteiger partial charge in [-0.15, -0.1) is 0 Å². The SMILES string of the molecule is CC(C)Oc1cccc(S(=O)(=O)c2ccc3c(c2)OC2C3CCNC23CCC3)c1. The van der Waals surface area contributed by atoms with Crippen LogP contribution in [-0.2, 0) is 9.84 Å². The van der Waals surface area contributed by atoms with Crippen molar-refractivity contribution in [3.8, 4) is 11.5 Å². The molecule has 2 fully saturated rings. The third-order valence-corrected chi connectivity index (χ3v) is 8.27. The molecule has 2 aliphatic heterocycles. The van der Waals surface area contributed by atoms with Crippen LogP contribution in [0.1, 0.15) is 51.0 Å². The van der Waals surface area contributed by atoms with Gasteiger partial charge in [0.05, 0.1) is 21.4 Å². The number of piperidine rings is 1. The van der Waals surface area contributed by atoms with Crippen LogP contribution >= 0.6 is 0 Å². The average molecular weight is 414 g/mol. The monoisotopic (exact) mass is 413 g/mol. The van der Waals surface area contributed by atoms with Gasteiger partial charge in [0.1, 0.15) is 17.6 Å². The lowest BCUT2D eigenvalue weighted by Crippen LogP contribution is -2.64. The molecule has 2 aromatic rings. The molecular formula is C23H27NO4S. The summed E-state index contributed by atoms with van der Waals surface area (Å²) in [6.45, 7) is 4.83. The molecule has 2 unspecified atom stereocenters. The van der Waals surface area contributed by atoms with E-state index in [0.717, 1.165) is 37.1 Å². The lowest BCUT2D eigenvalue weighted by molar-refractivity contribution is 0.00236. The third-order valence-electron chi connectivity index (χ3n) is 6.52. The first-order chi connectivity index (χ1) is 13.9. The molecule has 0 aromatic heterocycles. The summed E-state index contributed by atoms with van der Waals surface area (Å²) in [5.74, 6) is 1.64. The number of ether oxygens (including phenoxy) is 2. The zero-order valence-electron chi connectivity index (χ0n) is 16.9. The van der Waals surface area contributed by atoms with Crippen LogP contribution in [-0.4, -0.2) is 32.7 Å². The van der Waals surface area contributed by atoms with Gasteiger partial charge in [-0.05, 0) is 76.4 Å². The minimum Gasteiger partial charge on any atom is -0.491 e. The van der Waals surface area contributed by atoms with Crippen molar-refractivity contribution >= 4 is 9.84 Å². The summed E-state index contributed by atoms with van der Waals surface area (Å²) in [4.78, 5) is 0.510. The lowest BCUT2D eigenvalue weighted by Gasteiger charge is -2.51. The van der Waals surface area contributed by atoms with Gasteiger partial charge in [-0.1, -0.05) is 12.1 Å². The van der Waals surface area contributed by atoms with Crippen LogP contribution in [0.25, 0.3) is 0 Å². The molecule has 0 amide bonds. The van der Waals surface area contributed by atoms with E-state index < -0.39 is 9.84 Å². The number of sulfone groups is 1. The van der Waals surface area contributed by atoms with Crippen LogP contribution in [0.3, 0.4) is 0 Å². The molecule has 1 N–H and O–H groups in total. The fraction of sp³-hybridized carbons (Fsp3) is 0.478. The van der Waals surface area contributed by atoms with Gasteiger partial charge in [0.25, 0.3) is 0 Å². The molecule has 154 valence electrons. The van der Waals surface area contributed by atoms with Gasteiger partial charge in [0, 0.05) is 11.5 Å². The molecule has 2 atom stereocenters. The summed E-state index contributed by atoms with van der Waals surface area (Å²) in [6, 6.07) is 12.1. The summed E-state index contributed by atoms with van der Waals surface area (Å²) < 4.78 is 38.5. The predicted molar refractivity (Wildman–Crippen MR) is 110 cm³/mol. The molecule has 0 bridgehead atoms. The Labute approximate surface area is 172 Å². The highest BCUT2D eigenvalue weighted by atomic mass is 32.2. The van der Waals surface area contributed by atoms with Gasteiger partial charge < -0.3 is 14.8 Å². The van der Waals surface area contributed by atoms with Crippen molar-refractivity contribution in [2.24, 2.45) is 0 Å². The van der Waals surface area contributed by atoms with Gasteiger partial charge >= 0.3 is 0 Å². The van der Waals surface area contributed by atoms with E-state index in [1.807, 2.05) is 19.9 Å². The summed E-state index contributed by atoms with van der Waals surface area (Å²) in [5, 5.41) is 3.67. The first-order valence-electron chi connectivity index (χ1n) is 10.5. The fourth-order valence-corrected chi connectivity index (χ4v) is 6.31. The molecule has 3 aliphatic rings. The molecule has 1 saturated carbocycles. The van der Waals surface area contributed by atoms with Crippen LogP contribution < -0.4 is 14.8 Å². The van der Waals surface area contributed by atoms with Crippen molar-refractivity contribution in [3.63, 3.8) is 0 Å². The maximum absolute atomic E-state index is 13.3. The number of hydrogen-bond donors (Lipinski definition) is 1. The summed E-state index contributed by atoms with van der Waals surface area (Å²) in [5.41, 5.74) is 1.22. The lowest BCUT2D eigenvalue weighted by atomic mass is 9.66. The molecular weight excluding hydrogens is 386 g/mol. The second-order valence-corrected chi connectivity index (χ2v) is 10.7. The molecule has 0 radical (unpaired) electrons. The Morgan fingerprint density at radius 3 is 2.66 bits per heavy atom. The third kappa shape index (κ3) is 3.04. The van der Waals surface area contributed by atoms with Gasteiger partial charge in [0.2, 0.25) is 9.84 Å². The Balaban J connectivity index is 1.48. The van der Waals surface area contributed by atoms with Crippen molar-refractivity contribution in [2.45, 2.75) is 73.0 Å².